The molecule has 0 aliphatic carbocycles. The number of aromatic nitrogens is 2. The van der Waals surface area contributed by atoms with E-state index in [0.29, 0.717) is 16.5 Å². The van der Waals surface area contributed by atoms with Crippen molar-refractivity contribution in [2.24, 2.45) is 0 Å². The third-order valence-corrected chi connectivity index (χ3v) is 4.38. The van der Waals surface area contributed by atoms with Crippen LogP contribution in [0.3, 0.4) is 0 Å². The number of benzene rings is 2. The van der Waals surface area contributed by atoms with Crippen LogP contribution in [0.1, 0.15) is 0 Å². The highest BCUT2D eigenvalue weighted by Gasteiger charge is 2.16. The molecule has 2 aromatic heterocycles. The van der Waals surface area contributed by atoms with Gasteiger partial charge in [0.05, 0.1) is 11.1 Å². The van der Waals surface area contributed by atoms with Gasteiger partial charge in [-0.2, -0.15) is 0 Å². The predicted molar refractivity (Wildman–Crippen MR) is 94.7 cm³/mol. The minimum absolute atomic E-state index is 0.0387. The lowest BCUT2D eigenvalue weighted by Gasteiger charge is -2.10. The Bertz CT molecular complexity index is 1110. The van der Waals surface area contributed by atoms with E-state index in [4.69, 9.17) is 0 Å². The van der Waals surface area contributed by atoms with E-state index in [0.717, 1.165) is 15.2 Å². The van der Waals surface area contributed by atoms with Gasteiger partial charge in [-0.1, -0.05) is 40.2 Å². The summed E-state index contributed by atoms with van der Waals surface area (Å²) in [7, 11) is 0. The summed E-state index contributed by atoms with van der Waals surface area (Å²) < 4.78 is 0.828. The zero-order valence-corrected chi connectivity index (χ0v) is 13.5. The van der Waals surface area contributed by atoms with Gasteiger partial charge in [0.2, 0.25) is 0 Å². The third-order valence-electron chi connectivity index (χ3n) is 3.89. The minimum atomic E-state index is -0.338. The number of rotatable bonds is 1. The molecule has 0 bridgehead atoms. The Kier molecular flexibility index (Phi) is 3.16. The van der Waals surface area contributed by atoms with Crippen LogP contribution in [0.5, 0.6) is 5.75 Å². The number of aromatic hydroxyl groups is 1. The molecule has 2 N–H and O–H groups in total. The lowest BCUT2D eigenvalue weighted by atomic mass is 10.00. The molecule has 0 aliphatic heterocycles. The Labute approximate surface area is 139 Å². The van der Waals surface area contributed by atoms with E-state index in [1.165, 1.54) is 0 Å². The molecule has 2 heterocycles. The summed E-state index contributed by atoms with van der Waals surface area (Å²) >= 11 is 3.39. The summed E-state index contributed by atoms with van der Waals surface area (Å²) in [6.07, 6.45) is 3.35. The van der Waals surface area contributed by atoms with E-state index in [1.54, 1.807) is 24.5 Å². The zero-order chi connectivity index (χ0) is 16.0. The molecule has 4 rings (SSSR count). The van der Waals surface area contributed by atoms with Crippen LogP contribution in [0.4, 0.5) is 0 Å². The second-order valence-corrected chi connectivity index (χ2v) is 6.19. The van der Waals surface area contributed by atoms with Crippen molar-refractivity contribution in [3.8, 4) is 16.9 Å². The lowest BCUT2D eigenvalue weighted by Crippen LogP contribution is -2.09. The number of fused-ring (bicyclic) bond motifs is 2. The van der Waals surface area contributed by atoms with Crippen LogP contribution >= 0.6 is 15.9 Å². The summed E-state index contributed by atoms with van der Waals surface area (Å²) in [5.74, 6) is -0.0387. The van der Waals surface area contributed by atoms with Crippen molar-refractivity contribution in [3.05, 3.63) is 69.7 Å². The standard InChI is InChI=1S/C18H11BrN2O2/c19-11-5-6-15-13(7-11)17(22)16(18(23)21-15)14-9-20-8-10-3-1-2-4-12(10)14/h1-9H,(H2,21,22,23). The largest absolute Gasteiger partial charge is 0.506 e. The Morgan fingerprint density at radius 1 is 1.04 bits per heavy atom. The fraction of sp³-hybridized carbons (Fsp3) is 0. The van der Waals surface area contributed by atoms with Crippen LogP contribution in [-0.4, -0.2) is 15.1 Å². The quantitative estimate of drug-likeness (QED) is 0.530. The van der Waals surface area contributed by atoms with Gasteiger partial charge in [-0.3, -0.25) is 9.78 Å². The Balaban J connectivity index is 2.14. The molecule has 0 atom stereocenters. The summed E-state index contributed by atoms with van der Waals surface area (Å²) in [4.78, 5) is 19.5. The van der Waals surface area contributed by atoms with E-state index in [2.05, 4.69) is 25.9 Å². The summed E-state index contributed by atoms with van der Waals surface area (Å²) in [6, 6.07) is 13.0. The highest BCUT2D eigenvalue weighted by Crippen LogP contribution is 2.36. The molecule has 0 saturated carbocycles. The Hall–Kier alpha value is -2.66. The van der Waals surface area contributed by atoms with Crippen molar-refractivity contribution in [2.45, 2.75) is 0 Å². The maximum atomic E-state index is 12.5. The number of aromatic amines is 1. The van der Waals surface area contributed by atoms with Crippen molar-refractivity contribution in [3.63, 3.8) is 0 Å². The van der Waals surface area contributed by atoms with E-state index in [1.807, 2.05) is 30.3 Å². The van der Waals surface area contributed by atoms with E-state index in [-0.39, 0.29) is 16.9 Å². The summed E-state index contributed by atoms with van der Waals surface area (Å²) in [5.41, 5.74) is 1.10. The lowest BCUT2D eigenvalue weighted by molar-refractivity contribution is 0.482. The number of hydrogen-bond acceptors (Lipinski definition) is 3. The van der Waals surface area contributed by atoms with Gasteiger partial charge in [0.25, 0.3) is 5.56 Å². The molecule has 0 spiro atoms. The SMILES string of the molecule is O=c1[nH]c2ccc(Br)cc2c(O)c1-c1cncc2ccccc12. The smallest absolute Gasteiger partial charge is 0.260 e. The van der Waals surface area contributed by atoms with Crippen LogP contribution < -0.4 is 5.56 Å². The van der Waals surface area contributed by atoms with Gasteiger partial charge in [0.15, 0.2) is 0 Å². The molecular formula is C18H11BrN2O2. The molecule has 0 radical (unpaired) electrons. The minimum Gasteiger partial charge on any atom is -0.506 e. The van der Waals surface area contributed by atoms with E-state index in [9.17, 15) is 9.90 Å². The van der Waals surface area contributed by atoms with Gasteiger partial charge in [-0.25, -0.2) is 0 Å². The highest BCUT2D eigenvalue weighted by molar-refractivity contribution is 9.10. The molecule has 0 amide bonds. The number of nitrogens with zero attached hydrogens (tertiary/aromatic N) is 1. The number of hydrogen-bond donors (Lipinski definition) is 2. The summed E-state index contributed by atoms with van der Waals surface area (Å²) in [6.45, 7) is 0. The van der Waals surface area contributed by atoms with Crippen LogP contribution in [0, 0.1) is 0 Å². The fourth-order valence-electron chi connectivity index (χ4n) is 2.81. The van der Waals surface area contributed by atoms with Crippen LogP contribution in [0.25, 0.3) is 32.8 Å². The molecule has 0 fully saturated rings. The molecule has 4 aromatic rings. The molecule has 0 saturated heterocycles. The first-order chi connectivity index (χ1) is 11.1. The van der Waals surface area contributed by atoms with E-state index < -0.39 is 0 Å². The van der Waals surface area contributed by atoms with Crippen molar-refractivity contribution >= 4 is 37.6 Å². The second-order valence-electron chi connectivity index (χ2n) is 5.28. The molecular weight excluding hydrogens is 356 g/mol. The number of pyridine rings is 2. The molecule has 0 unspecified atom stereocenters. The van der Waals surface area contributed by atoms with Gasteiger partial charge in [0.1, 0.15) is 5.75 Å². The van der Waals surface area contributed by atoms with Crippen LogP contribution in [0.2, 0.25) is 0 Å². The summed E-state index contributed by atoms with van der Waals surface area (Å²) in [5, 5.41) is 13.1. The zero-order valence-electron chi connectivity index (χ0n) is 11.9. The van der Waals surface area contributed by atoms with E-state index >= 15 is 0 Å². The topological polar surface area (TPSA) is 66.0 Å². The number of halogens is 1. The van der Waals surface area contributed by atoms with Crippen molar-refractivity contribution < 1.29 is 5.11 Å². The van der Waals surface area contributed by atoms with Crippen molar-refractivity contribution in [1.82, 2.24) is 9.97 Å². The maximum Gasteiger partial charge on any atom is 0.260 e. The molecule has 5 heteroatoms. The molecule has 2 aromatic carbocycles. The molecule has 23 heavy (non-hydrogen) atoms. The second kappa shape index (κ2) is 5.21. The fourth-order valence-corrected chi connectivity index (χ4v) is 3.18. The predicted octanol–water partition coefficient (Wildman–Crippen LogP) is 4.21. The first kappa shape index (κ1) is 14.0. The average Bonchev–Trinajstić information content (AvgIpc) is 2.56. The maximum absolute atomic E-state index is 12.5. The van der Waals surface area contributed by atoms with Crippen molar-refractivity contribution in [1.29, 1.82) is 0 Å². The van der Waals surface area contributed by atoms with Gasteiger partial charge < -0.3 is 10.1 Å². The Morgan fingerprint density at radius 3 is 2.74 bits per heavy atom. The van der Waals surface area contributed by atoms with Crippen molar-refractivity contribution in [2.75, 3.05) is 0 Å². The first-order valence-electron chi connectivity index (χ1n) is 7.03. The molecule has 112 valence electrons. The monoisotopic (exact) mass is 366 g/mol. The van der Waals surface area contributed by atoms with Gasteiger partial charge >= 0.3 is 0 Å². The number of H-pyrrole nitrogens is 1. The molecule has 0 aliphatic rings. The molecule has 4 nitrogen and oxygen atoms in total. The van der Waals surface area contributed by atoms with Gasteiger partial charge in [-0.05, 0) is 23.6 Å². The normalized spacial score (nSPS) is 11.2. The van der Waals surface area contributed by atoms with Gasteiger partial charge in [0, 0.05) is 33.2 Å². The van der Waals surface area contributed by atoms with Crippen LogP contribution in [-0.2, 0) is 0 Å². The van der Waals surface area contributed by atoms with Gasteiger partial charge in [-0.15, -0.1) is 0 Å². The Morgan fingerprint density at radius 2 is 1.87 bits per heavy atom. The average molecular weight is 367 g/mol. The third kappa shape index (κ3) is 2.21. The highest BCUT2D eigenvalue weighted by atomic mass is 79.9. The first-order valence-corrected chi connectivity index (χ1v) is 7.82. The number of nitrogens with one attached hydrogen (secondary N) is 1. The van der Waals surface area contributed by atoms with Crippen LogP contribution in [0.15, 0.2) is 64.1 Å².